The van der Waals surface area contributed by atoms with Crippen molar-refractivity contribution in [3.8, 4) is 0 Å². The first kappa shape index (κ1) is 9.30. The molecule has 1 aromatic carbocycles. The average molecular weight is 227 g/mol. The number of rotatable bonds is 1. The first-order valence-corrected chi connectivity index (χ1v) is 5.12. The predicted molar refractivity (Wildman–Crippen MR) is 59.8 cm³/mol. The summed E-state index contributed by atoms with van der Waals surface area (Å²) in [7, 11) is 0. The van der Waals surface area contributed by atoms with E-state index >= 15 is 0 Å². The van der Waals surface area contributed by atoms with Crippen LogP contribution in [0.1, 0.15) is 10.4 Å². The number of thiophene rings is 1. The first-order chi connectivity index (χ1) is 6.61. The lowest BCUT2D eigenvalue weighted by molar-refractivity contribution is 0.100. The largest absolute Gasteiger partial charge is 0.397 e. The minimum Gasteiger partial charge on any atom is -0.397 e. The van der Waals surface area contributed by atoms with Crippen LogP contribution < -0.4 is 11.5 Å². The first-order valence-electron chi connectivity index (χ1n) is 3.86. The van der Waals surface area contributed by atoms with E-state index in [9.17, 15) is 4.79 Å². The summed E-state index contributed by atoms with van der Waals surface area (Å²) in [6.45, 7) is 0. The Labute approximate surface area is 89.3 Å². The monoisotopic (exact) mass is 226 g/mol. The molecule has 0 saturated heterocycles. The van der Waals surface area contributed by atoms with Crippen molar-refractivity contribution in [1.82, 2.24) is 0 Å². The molecule has 0 atom stereocenters. The van der Waals surface area contributed by atoms with Gasteiger partial charge in [0.05, 0.1) is 16.3 Å². The third-order valence-electron chi connectivity index (χ3n) is 1.99. The highest BCUT2D eigenvalue weighted by molar-refractivity contribution is 7.17. The molecule has 0 saturated carbocycles. The van der Waals surface area contributed by atoms with Crippen molar-refractivity contribution in [2.75, 3.05) is 5.73 Å². The number of benzene rings is 1. The number of primary amides is 1. The minimum absolute atomic E-state index is 0.365. The summed E-state index contributed by atoms with van der Waals surface area (Å²) in [5.41, 5.74) is 11.9. The Bertz CT molecular complexity index is 521. The summed E-state index contributed by atoms with van der Waals surface area (Å²) in [5, 5.41) is 3.00. The highest BCUT2D eigenvalue weighted by Crippen LogP contribution is 2.34. The van der Waals surface area contributed by atoms with Gasteiger partial charge in [-0.15, -0.1) is 11.3 Å². The van der Waals surface area contributed by atoms with Gasteiger partial charge in [0.1, 0.15) is 0 Å². The number of nitrogens with two attached hydrogens (primary N) is 2. The van der Waals surface area contributed by atoms with E-state index in [-0.39, 0.29) is 0 Å². The van der Waals surface area contributed by atoms with Crippen molar-refractivity contribution in [2.24, 2.45) is 5.73 Å². The Morgan fingerprint density at radius 3 is 2.86 bits per heavy atom. The van der Waals surface area contributed by atoms with Crippen LogP contribution in [0.25, 0.3) is 10.1 Å². The molecule has 0 radical (unpaired) electrons. The van der Waals surface area contributed by atoms with Gasteiger partial charge in [-0.2, -0.15) is 0 Å². The molecule has 4 N–H and O–H groups in total. The number of fused-ring (bicyclic) bond motifs is 1. The molecule has 0 unspecified atom stereocenters. The molecule has 2 aromatic rings. The Morgan fingerprint density at radius 1 is 1.50 bits per heavy atom. The molecular formula is C9H7ClN2OS. The molecule has 0 aliphatic carbocycles. The van der Waals surface area contributed by atoms with Crippen molar-refractivity contribution in [1.29, 1.82) is 0 Å². The highest BCUT2D eigenvalue weighted by Gasteiger charge is 2.12. The molecule has 3 nitrogen and oxygen atoms in total. The Balaban J connectivity index is 2.91. The van der Waals surface area contributed by atoms with E-state index in [2.05, 4.69) is 0 Å². The van der Waals surface area contributed by atoms with Gasteiger partial charge in [0.25, 0.3) is 0 Å². The third-order valence-corrected chi connectivity index (χ3v) is 3.25. The fraction of sp³-hybridized carbons (Fsp3) is 0. The minimum atomic E-state index is -0.487. The zero-order valence-electron chi connectivity index (χ0n) is 7.08. The van der Waals surface area contributed by atoms with Gasteiger partial charge in [-0.1, -0.05) is 11.6 Å². The van der Waals surface area contributed by atoms with Crippen LogP contribution in [0.3, 0.4) is 0 Å². The predicted octanol–water partition coefficient (Wildman–Crippen LogP) is 2.24. The molecule has 0 aliphatic heterocycles. The van der Waals surface area contributed by atoms with Crippen molar-refractivity contribution in [3.05, 3.63) is 28.1 Å². The van der Waals surface area contributed by atoms with E-state index in [1.165, 1.54) is 17.4 Å². The van der Waals surface area contributed by atoms with Gasteiger partial charge in [-0.3, -0.25) is 4.79 Å². The van der Waals surface area contributed by atoms with Crippen LogP contribution in [0.15, 0.2) is 17.5 Å². The molecule has 5 heteroatoms. The van der Waals surface area contributed by atoms with Gasteiger partial charge >= 0.3 is 0 Å². The van der Waals surface area contributed by atoms with Crippen molar-refractivity contribution in [3.63, 3.8) is 0 Å². The standard InChI is InChI=1S/C9H7ClN2OS/c10-6-3-5(9(12)13)8-4(7(6)11)1-2-14-8/h1-3H,11H2,(H2,12,13). The number of amides is 1. The van der Waals surface area contributed by atoms with Crippen molar-refractivity contribution in [2.45, 2.75) is 0 Å². The maximum absolute atomic E-state index is 11.1. The van der Waals surface area contributed by atoms with Crippen molar-refractivity contribution >= 4 is 44.6 Å². The second kappa shape index (κ2) is 3.15. The summed E-state index contributed by atoms with van der Waals surface area (Å²) in [4.78, 5) is 11.1. The number of hydrogen-bond donors (Lipinski definition) is 2. The number of nitrogen functional groups attached to an aromatic ring is 1. The Morgan fingerprint density at radius 2 is 2.21 bits per heavy atom. The van der Waals surface area contributed by atoms with Gasteiger partial charge in [0, 0.05) is 10.1 Å². The van der Waals surface area contributed by atoms with Crippen LogP contribution in [0.5, 0.6) is 0 Å². The molecule has 0 spiro atoms. The third kappa shape index (κ3) is 1.23. The highest BCUT2D eigenvalue weighted by atomic mass is 35.5. The van der Waals surface area contributed by atoms with E-state index in [4.69, 9.17) is 23.1 Å². The van der Waals surface area contributed by atoms with Crippen LogP contribution in [0.2, 0.25) is 5.02 Å². The van der Waals surface area contributed by atoms with E-state index in [1.54, 1.807) is 0 Å². The molecular weight excluding hydrogens is 220 g/mol. The molecule has 1 heterocycles. The van der Waals surface area contributed by atoms with E-state index < -0.39 is 5.91 Å². The molecule has 2 rings (SSSR count). The molecule has 14 heavy (non-hydrogen) atoms. The molecule has 0 aliphatic rings. The molecule has 0 bridgehead atoms. The smallest absolute Gasteiger partial charge is 0.250 e. The number of carbonyl (C=O) groups is 1. The summed E-state index contributed by atoms with van der Waals surface area (Å²) in [5.74, 6) is -0.487. The molecule has 0 fully saturated rings. The topological polar surface area (TPSA) is 69.1 Å². The molecule has 1 amide bonds. The second-order valence-electron chi connectivity index (χ2n) is 2.85. The zero-order chi connectivity index (χ0) is 10.3. The Hall–Kier alpha value is -1.26. The molecule has 1 aromatic heterocycles. The van der Waals surface area contributed by atoms with Crippen LogP contribution in [-0.2, 0) is 0 Å². The van der Waals surface area contributed by atoms with Crippen LogP contribution >= 0.6 is 22.9 Å². The van der Waals surface area contributed by atoms with E-state index in [0.717, 1.165) is 10.1 Å². The lowest BCUT2D eigenvalue weighted by Gasteiger charge is -2.03. The van der Waals surface area contributed by atoms with Gasteiger partial charge in [0.2, 0.25) is 5.91 Å². The average Bonchev–Trinajstić information content (AvgIpc) is 2.59. The van der Waals surface area contributed by atoms with Crippen LogP contribution in [0, 0.1) is 0 Å². The summed E-state index contributed by atoms with van der Waals surface area (Å²) >= 11 is 7.29. The normalized spacial score (nSPS) is 10.6. The summed E-state index contributed by atoms with van der Waals surface area (Å²) in [6, 6.07) is 3.34. The quantitative estimate of drug-likeness (QED) is 0.733. The van der Waals surface area contributed by atoms with Crippen LogP contribution in [-0.4, -0.2) is 5.91 Å². The second-order valence-corrected chi connectivity index (χ2v) is 4.17. The fourth-order valence-electron chi connectivity index (χ4n) is 1.31. The zero-order valence-corrected chi connectivity index (χ0v) is 8.65. The van der Waals surface area contributed by atoms with Gasteiger partial charge < -0.3 is 11.5 Å². The van der Waals surface area contributed by atoms with Crippen molar-refractivity contribution < 1.29 is 4.79 Å². The summed E-state index contributed by atoms with van der Waals surface area (Å²) in [6.07, 6.45) is 0. The van der Waals surface area contributed by atoms with Crippen LogP contribution in [0.4, 0.5) is 5.69 Å². The van der Waals surface area contributed by atoms with Gasteiger partial charge in [-0.25, -0.2) is 0 Å². The number of anilines is 1. The number of halogens is 1. The lowest BCUT2D eigenvalue weighted by Crippen LogP contribution is -2.11. The Kier molecular flexibility index (Phi) is 2.09. The van der Waals surface area contributed by atoms with E-state index in [1.807, 2.05) is 11.4 Å². The maximum Gasteiger partial charge on any atom is 0.250 e. The maximum atomic E-state index is 11.1. The summed E-state index contributed by atoms with van der Waals surface area (Å²) < 4.78 is 0.791. The van der Waals surface area contributed by atoms with Gasteiger partial charge in [-0.05, 0) is 17.5 Å². The van der Waals surface area contributed by atoms with Gasteiger partial charge in [0.15, 0.2) is 0 Å². The SMILES string of the molecule is NC(=O)c1cc(Cl)c(N)c2ccsc12. The number of hydrogen-bond acceptors (Lipinski definition) is 3. The fourth-order valence-corrected chi connectivity index (χ4v) is 2.45. The van der Waals surface area contributed by atoms with E-state index in [0.29, 0.717) is 16.3 Å². The molecule has 72 valence electrons. The lowest BCUT2D eigenvalue weighted by atomic mass is 10.1. The number of carbonyl (C=O) groups excluding carboxylic acids is 1.